The molecule has 0 bridgehead atoms. The molecule has 4 nitrogen and oxygen atoms in total. The van der Waals surface area contributed by atoms with Crippen LogP contribution in [0, 0.1) is 0 Å². The monoisotopic (exact) mass is 332 g/mol. The Hall–Kier alpha value is -2.07. The number of ether oxygens (including phenoxy) is 2. The van der Waals surface area contributed by atoms with Gasteiger partial charge < -0.3 is 15.2 Å². The predicted octanol–water partition coefficient (Wildman–Crippen LogP) is 4.33. The van der Waals surface area contributed by atoms with Gasteiger partial charge in [-0.25, -0.2) is 0 Å². The second-order valence-electron chi connectivity index (χ2n) is 5.31. The van der Waals surface area contributed by atoms with Gasteiger partial charge in [-0.05, 0) is 44.4 Å². The molecule has 2 N–H and O–H groups in total. The van der Waals surface area contributed by atoms with Gasteiger partial charge in [0.2, 0.25) is 0 Å². The molecule has 134 valence electrons. The quantitative estimate of drug-likeness (QED) is 0.280. The van der Waals surface area contributed by atoms with Crippen LogP contribution in [-0.2, 0) is 9.47 Å². The van der Waals surface area contributed by atoms with Crippen LogP contribution in [0.2, 0.25) is 0 Å². The van der Waals surface area contributed by atoms with E-state index in [2.05, 4.69) is 24.6 Å². The second-order valence-corrected chi connectivity index (χ2v) is 5.31. The smallest absolute Gasteiger partial charge is 0.111 e. The summed E-state index contributed by atoms with van der Waals surface area (Å²) in [6.07, 6.45) is 8.79. The van der Waals surface area contributed by atoms with Crippen LogP contribution in [0.3, 0.4) is 0 Å². The number of allylic oxidation sites excluding steroid dienone is 7. The number of hydrogen-bond acceptors (Lipinski definition) is 4. The molecule has 0 saturated heterocycles. The Morgan fingerprint density at radius 1 is 1.21 bits per heavy atom. The van der Waals surface area contributed by atoms with Gasteiger partial charge in [0, 0.05) is 31.1 Å². The minimum absolute atomic E-state index is 0.500. The van der Waals surface area contributed by atoms with Gasteiger partial charge in [0.1, 0.15) is 12.4 Å². The highest BCUT2D eigenvalue weighted by Gasteiger charge is 2.07. The zero-order chi connectivity index (χ0) is 18.5. The van der Waals surface area contributed by atoms with Crippen LogP contribution in [0.1, 0.15) is 34.1 Å². The highest BCUT2D eigenvalue weighted by atomic mass is 16.5. The highest BCUT2D eigenvalue weighted by Crippen LogP contribution is 2.18. The van der Waals surface area contributed by atoms with Crippen molar-refractivity contribution < 1.29 is 9.47 Å². The largest absolute Gasteiger partial charge is 0.495 e. The average Bonchev–Trinajstić information content (AvgIpc) is 2.60. The van der Waals surface area contributed by atoms with Gasteiger partial charge >= 0.3 is 0 Å². The molecule has 0 amide bonds. The maximum atomic E-state index is 6.37. The predicted molar refractivity (Wildman–Crippen MR) is 104 cm³/mol. The zero-order valence-corrected chi connectivity index (χ0v) is 16.0. The number of rotatable bonds is 10. The van der Waals surface area contributed by atoms with Crippen molar-refractivity contribution in [2.24, 2.45) is 10.7 Å². The first kappa shape index (κ1) is 21.9. The van der Waals surface area contributed by atoms with Gasteiger partial charge in [-0.15, -0.1) is 0 Å². The van der Waals surface area contributed by atoms with Crippen LogP contribution >= 0.6 is 0 Å². The third kappa shape index (κ3) is 7.47. The van der Waals surface area contributed by atoms with Crippen molar-refractivity contribution in [2.45, 2.75) is 34.1 Å². The van der Waals surface area contributed by atoms with Crippen molar-refractivity contribution >= 4 is 5.71 Å². The Balaban J connectivity index is 5.88. The topological polar surface area (TPSA) is 56.8 Å². The summed E-state index contributed by atoms with van der Waals surface area (Å²) in [5.74, 6) is 0.788. The number of nitrogens with zero attached hydrogens (tertiary/aromatic N) is 1. The van der Waals surface area contributed by atoms with Crippen molar-refractivity contribution in [2.75, 3.05) is 27.4 Å². The van der Waals surface area contributed by atoms with Crippen molar-refractivity contribution in [3.05, 3.63) is 59.1 Å². The van der Waals surface area contributed by atoms with Crippen molar-refractivity contribution in [1.82, 2.24) is 0 Å². The third-order valence-electron chi connectivity index (χ3n) is 3.67. The lowest BCUT2D eigenvalue weighted by Gasteiger charge is -2.12. The van der Waals surface area contributed by atoms with Crippen molar-refractivity contribution in [3.63, 3.8) is 0 Å². The fourth-order valence-electron chi connectivity index (χ4n) is 1.87. The van der Waals surface area contributed by atoms with Gasteiger partial charge in [-0.3, -0.25) is 4.99 Å². The molecule has 0 heterocycles. The lowest BCUT2D eigenvalue weighted by atomic mass is 10.0. The molecule has 0 spiro atoms. The molecule has 0 radical (unpaired) electrons. The maximum absolute atomic E-state index is 6.37. The third-order valence-corrected chi connectivity index (χ3v) is 3.67. The molecule has 24 heavy (non-hydrogen) atoms. The molecule has 0 unspecified atom stereocenters. The maximum Gasteiger partial charge on any atom is 0.111 e. The minimum atomic E-state index is 0.500. The molecule has 0 saturated carbocycles. The molecular formula is C20H32N2O2. The fraction of sp³-hybridized carbons (Fsp3) is 0.450. The first-order valence-corrected chi connectivity index (χ1v) is 8.16. The standard InChI is InChI=1S/C20H32N2O2/c1-8-10-11-19(20(21)15(3)16(4)22-6)14-18(9-2)17(5)24-13-12-23-7/h9-11,14H,2,8,12-13,21H2,1,3-7H3/b11-10-,18-17+,19-14+,20-15?,22-16?. The molecule has 0 fully saturated rings. The van der Waals surface area contributed by atoms with Crippen LogP contribution in [0.15, 0.2) is 64.1 Å². The Labute approximate surface area is 147 Å². The molecule has 0 aromatic carbocycles. The summed E-state index contributed by atoms with van der Waals surface area (Å²) in [6, 6.07) is 0. The summed E-state index contributed by atoms with van der Waals surface area (Å²) < 4.78 is 10.7. The van der Waals surface area contributed by atoms with Gasteiger partial charge in [-0.1, -0.05) is 31.7 Å². The molecule has 0 atom stereocenters. The molecule has 0 aliphatic carbocycles. The molecule has 0 aliphatic heterocycles. The van der Waals surface area contributed by atoms with Crippen LogP contribution < -0.4 is 5.73 Å². The van der Waals surface area contributed by atoms with Gasteiger partial charge in [0.25, 0.3) is 0 Å². The van der Waals surface area contributed by atoms with E-state index in [0.717, 1.165) is 34.6 Å². The SMILES string of the molecule is C=CC(/C=C(\C=C/CC)C(N)=C(C)C(C)=NC)=C(/C)OCCOC. The van der Waals surface area contributed by atoms with E-state index in [-0.39, 0.29) is 0 Å². The zero-order valence-electron chi connectivity index (χ0n) is 16.0. The molecular weight excluding hydrogens is 300 g/mol. The highest BCUT2D eigenvalue weighted by molar-refractivity contribution is 5.98. The number of aliphatic imine (C=N–C) groups is 1. The van der Waals surface area contributed by atoms with Crippen molar-refractivity contribution in [3.8, 4) is 0 Å². The van der Waals surface area contributed by atoms with E-state index < -0.39 is 0 Å². The number of methoxy groups -OCH3 is 1. The van der Waals surface area contributed by atoms with E-state index >= 15 is 0 Å². The van der Waals surface area contributed by atoms with Crippen molar-refractivity contribution in [1.29, 1.82) is 0 Å². The molecule has 0 rings (SSSR count). The van der Waals surface area contributed by atoms with Crippen LogP contribution in [0.5, 0.6) is 0 Å². The molecule has 0 aromatic rings. The summed E-state index contributed by atoms with van der Waals surface area (Å²) in [6.45, 7) is 12.9. The summed E-state index contributed by atoms with van der Waals surface area (Å²) >= 11 is 0. The average molecular weight is 332 g/mol. The second kappa shape index (κ2) is 12.4. The normalized spacial score (nSPS) is 15.2. The molecule has 4 heteroatoms. The summed E-state index contributed by atoms with van der Waals surface area (Å²) in [5.41, 5.74) is 10.8. The van der Waals surface area contributed by atoms with E-state index in [4.69, 9.17) is 15.2 Å². The Morgan fingerprint density at radius 2 is 1.88 bits per heavy atom. The summed E-state index contributed by atoms with van der Waals surface area (Å²) in [5, 5.41) is 0. The van der Waals surface area contributed by atoms with Gasteiger partial charge in [0.05, 0.1) is 6.61 Å². The van der Waals surface area contributed by atoms with Gasteiger partial charge in [-0.2, -0.15) is 0 Å². The number of hydrogen-bond donors (Lipinski definition) is 1. The Bertz CT molecular complexity index is 564. The Kier molecular flexibility index (Phi) is 11.3. The lowest BCUT2D eigenvalue weighted by Crippen LogP contribution is -2.09. The van der Waals surface area contributed by atoms with E-state index in [1.54, 1.807) is 20.2 Å². The summed E-state index contributed by atoms with van der Waals surface area (Å²) in [7, 11) is 3.41. The Morgan fingerprint density at radius 3 is 2.38 bits per heavy atom. The van der Waals surface area contributed by atoms with E-state index in [1.165, 1.54) is 0 Å². The first-order chi connectivity index (χ1) is 11.4. The van der Waals surface area contributed by atoms with E-state index in [0.29, 0.717) is 18.9 Å². The molecule has 0 aromatic heterocycles. The lowest BCUT2D eigenvalue weighted by molar-refractivity contribution is 0.110. The fourth-order valence-corrected chi connectivity index (χ4v) is 1.87. The van der Waals surface area contributed by atoms with Gasteiger partial charge in [0.15, 0.2) is 0 Å². The van der Waals surface area contributed by atoms with Crippen LogP contribution in [-0.4, -0.2) is 33.1 Å². The molecule has 0 aliphatic rings. The minimum Gasteiger partial charge on any atom is -0.495 e. The van der Waals surface area contributed by atoms with E-state index in [1.807, 2.05) is 32.9 Å². The first-order valence-electron chi connectivity index (χ1n) is 8.16. The van der Waals surface area contributed by atoms with E-state index in [9.17, 15) is 0 Å². The van der Waals surface area contributed by atoms with Crippen LogP contribution in [0.4, 0.5) is 0 Å². The number of nitrogens with two attached hydrogens (primary N) is 1. The summed E-state index contributed by atoms with van der Waals surface area (Å²) in [4.78, 5) is 4.21. The van der Waals surface area contributed by atoms with Crippen LogP contribution in [0.25, 0.3) is 0 Å².